The standard InChI is InChI=1S/C14H18N2O3/c1-9-8-10(14(18)19)5-6-11(9)16-13(17)12-4-2-3-7-15-12/h5-6,8,12,15H,2-4,7H2,1H3,(H,16,17)(H,18,19)/t12-/m1/s1. The average Bonchev–Trinajstić information content (AvgIpc) is 2.41. The zero-order valence-electron chi connectivity index (χ0n) is 10.9. The smallest absolute Gasteiger partial charge is 0.335 e. The van der Waals surface area contributed by atoms with E-state index < -0.39 is 5.97 Å². The van der Waals surface area contributed by atoms with Gasteiger partial charge in [-0.25, -0.2) is 4.79 Å². The highest BCUT2D eigenvalue weighted by atomic mass is 16.4. The number of aromatic carboxylic acids is 1. The van der Waals surface area contributed by atoms with E-state index in [0.29, 0.717) is 5.69 Å². The zero-order chi connectivity index (χ0) is 13.8. The number of anilines is 1. The van der Waals surface area contributed by atoms with Gasteiger partial charge in [-0.2, -0.15) is 0 Å². The molecule has 1 heterocycles. The van der Waals surface area contributed by atoms with Gasteiger partial charge >= 0.3 is 5.97 Å². The molecule has 1 amide bonds. The molecule has 5 heteroatoms. The molecule has 0 bridgehead atoms. The second-order valence-corrected chi connectivity index (χ2v) is 4.83. The molecule has 1 aromatic rings. The van der Waals surface area contributed by atoms with Crippen molar-refractivity contribution in [2.45, 2.75) is 32.2 Å². The Morgan fingerprint density at radius 3 is 2.74 bits per heavy atom. The number of benzene rings is 1. The van der Waals surface area contributed by atoms with Gasteiger partial charge in [0, 0.05) is 5.69 Å². The molecule has 1 aromatic carbocycles. The van der Waals surface area contributed by atoms with Crippen molar-refractivity contribution in [3.05, 3.63) is 29.3 Å². The van der Waals surface area contributed by atoms with Crippen molar-refractivity contribution in [3.8, 4) is 0 Å². The summed E-state index contributed by atoms with van der Waals surface area (Å²) in [6.45, 7) is 2.66. The van der Waals surface area contributed by atoms with Crippen molar-refractivity contribution < 1.29 is 14.7 Å². The predicted octanol–water partition coefficient (Wildman–Crippen LogP) is 1.77. The molecule has 0 aromatic heterocycles. The molecule has 2 rings (SSSR count). The SMILES string of the molecule is Cc1cc(C(=O)O)ccc1NC(=O)[C@H]1CCCCN1. The second-order valence-electron chi connectivity index (χ2n) is 4.83. The third kappa shape index (κ3) is 3.32. The quantitative estimate of drug-likeness (QED) is 0.775. The normalized spacial score (nSPS) is 18.9. The Kier molecular flexibility index (Phi) is 4.16. The monoisotopic (exact) mass is 262 g/mol. The first kappa shape index (κ1) is 13.5. The van der Waals surface area contributed by atoms with Crippen LogP contribution in [-0.2, 0) is 4.79 Å². The number of piperidine rings is 1. The van der Waals surface area contributed by atoms with Gasteiger partial charge in [0.1, 0.15) is 0 Å². The first-order chi connectivity index (χ1) is 9.08. The molecule has 5 nitrogen and oxygen atoms in total. The van der Waals surface area contributed by atoms with Gasteiger partial charge in [0.15, 0.2) is 0 Å². The van der Waals surface area contributed by atoms with Gasteiger partial charge < -0.3 is 15.7 Å². The van der Waals surface area contributed by atoms with Gasteiger partial charge in [0.2, 0.25) is 5.91 Å². The minimum Gasteiger partial charge on any atom is -0.478 e. The molecule has 0 aliphatic carbocycles. The molecule has 1 fully saturated rings. The van der Waals surface area contributed by atoms with E-state index >= 15 is 0 Å². The van der Waals surface area contributed by atoms with Crippen molar-refractivity contribution in [2.75, 3.05) is 11.9 Å². The molecular weight excluding hydrogens is 244 g/mol. The van der Waals surface area contributed by atoms with Gasteiger partial charge in [0.25, 0.3) is 0 Å². The Labute approximate surface area is 112 Å². The summed E-state index contributed by atoms with van der Waals surface area (Å²) in [5, 5.41) is 14.9. The summed E-state index contributed by atoms with van der Waals surface area (Å²) < 4.78 is 0. The van der Waals surface area contributed by atoms with Gasteiger partial charge in [-0.1, -0.05) is 6.42 Å². The highest BCUT2D eigenvalue weighted by Crippen LogP contribution is 2.18. The zero-order valence-corrected chi connectivity index (χ0v) is 10.9. The van der Waals surface area contributed by atoms with Gasteiger partial charge in [-0.3, -0.25) is 4.79 Å². The van der Waals surface area contributed by atoms with E-state index in [9.17, 15) is 9.59 Å². The molecule has 0 unspecified atom stereocenters. The number of rotatable bonds is 3. The molecule has 0 saturated carbocycles. The van der Waals surface area contributed by atoms with Crippen LogP contribution in [0.3, 0.4) is 0 Å². The maximum Gasteiger partial charge on any atom is 0.335 e. The van der Waals surface area contributed by atoms with Crippen molar-refractivity contribution in [2.24, 2.45) is 0 Å². The lowest BCUT2D eigenvalue weighted by Crippen LogP contribution is -2.43. The van der Waals surface area contributed by atoms with Crippen LogP contribution in [0.15, 0.2) is 18.2 Å². The molecule has 19 heavy (non-hydrogen) atoms. The molecule has 3 N–H and O–H groups in total. The van der Waals surface area contributed by atoms with E-state index in [1.54, 1.807) is 19.1 Å². The number of hydrogen-bond acceptors (Lipinski definition) is 3. The third-order valence-corrected chi connectivity index (χ3v) is 3.36. The van der Waals surface area contributed by atoms with E-state index in [4.69, 9.17) is 5.11 Å². The van der Waals surface area contributed by atoms with Crippen LogP contribution >= 0.6 is 0 Å². The third-order valence-electron chi connectivity index (χ3n) is 3.36. The van der Waals surface area contributed by atoms with Crippen LogP contribution in [-0.4, -0.2) is 29.6 Å². The number of nitrogens with one attached hydrogen (secondary N) is 2. The fourth-order valence-corrected chi connectivity index (χ4v) is 2.23. The van der Waals surface area contributed by atoms with Crippen LogP contribution < -0.4 is 10.6 Å². The fraction of sp³-hybridized carbons (Fsp3) is 0.429. The lowest BCUT2D eigenvalue weighted by Gasteiger charge is -2.23. The Bertz CT molecular complexity index is 493. The van der Waals surface area contributed by atoms with E-state index in [1.165, 1.54) is 6.07 Å². The summed E-state index contributed by atoms with van der Waals surface area (Å²) in [5.74, 6) is -1.01. The molecule has 0 spiro atoms. The number of carbonyl (C=O) groups is 2. The van der Waals surface area contributed by atoms with Crippen molar-refractivity contribution >= 4 is 17.6 Å². The number of aryl methyl sites for hydroxylation is 1. The molecule has 1 atom stereocenters. The molecule has 102 valence electrons. The second kappa shape index (κ2) is 5.84. The molecule has 1 aliphatic heterocycles. The summed E-state index contributed by atoms with van der Waals surface area (Å²) in [7, 11) is 0. The van der Waals surface area contributed by atoms with Crippen LogP contribution in [0.25, 0.3) is 0 Å². The Morgan fingerprint density at radius 1 is 1.37 bits per heavy atom. The fourth-order valence-electron chi connectivity index (χ4n) is 2.23. The minimum atomic E-state index is -0.963. The average molecular weight is 262 g/mol. The summed E-state index contributed by atoms with van der Waals surface area (Å²) in [6, 6.07) is 4.55. The predicted molar refractivity (Wildman–Crippen MR) is 72.4 cm³/mol. The van der Waals surface area contributed by atoms with Crippen molar-refractivity contribution in [1.82, 2.24) is 5.32 Å². The van der Waals surface area contributed by atoms with E-state index in [-0.39, 0.29) is 17.5 Å². The van der Waals surface area contributed by atoms with Gasteiger partial charge in [-0.15, -0.1) is 0 Å². The minimum absolute atomic E-state index is 0.0501. The highest BCUT2D eigenvalue weighted by Gasteiger charge is 2.20. The number of carboxylic acids is 1. The molecular formula is C14H18N2O3. The summed E-state index contributed by atoms with van der Waals surface area (Å²) in [6.07, 6.45) is 3.01. The van der Waals surface area contributed by atoms with Crippen molar-refractivity contribution in [3.63, 3.8) is 0 Å². The first-order valence-corrected chi connectivity index (χ1v) is 6.46. The van der Waals surface area contributed by atoms with E-state index in [0.717, 1.165) is 31.4 Å². The van der Waals surface area contributed by atoms with Gasteiger partial charge in [-0.05, 0) is 50.1 Å². The Hall–Kier alpha value is -1.88. The maximum absolute atomic E-state index is 12.0. The largest absolute Gasteiger partial charge is 0.478 e. The molecule has 0 radical (unpaired) electrons. The molecule has 1 aliphatic rings. The number of carbonyl (C=O) groups excluding carboxylic acids is 1. The van der Waals surface area contributed by atoms with E-state index in [1.807, 2.05) is 0 Å². The maximum atomic E-state index is 12.0. The lowest BCUT2D eigenvalue weighted by molar-refractivity contribution is -0.118. The molecule has 1 saturated heterocycles. The summed E-state index contributed by atoms with van der Waals surface area (Å²) >= 11 is 0. The van der Waals surface area contributed by atoms with Gasteiger partial charge in [0.05, 0.1) is 11.6 Å². The number of amides is 1. The van der Waals surface area contributed by atoms with E-state index in [2.05, 4.69) is 10.6 Å². The van der Waals surface area contributed by atoms with Crippen molar-refractivity contribution in [1.29, 1.82) is 0 Å². The first-order valence-electron chi connectivity index (χ1n) is 6.46. The van der Waals surface area contributed by atoms with Crippen LogP contribution in [0.1, 0.15) is 35.2 Å². The Balaban J connectivity index is 2.06. The number of carboxylic acid groups (broad SMARTS) is 1. The Morgan fingerprint density at radius 2 is 2.16 bits per heavy atom. The lowest BCUT2D eigenvalue weighted by atomic mass is 10.0. The van der Waals surface area contributed by atoms with Crippen LogP contribution in [0.5, 0.6) is 0 Å². The topological polar surface area (TPSA) is 78.4 Å². The summed E-state index contributed by atoms with van der Waals surface area (Å²) in [4.78, 5) is 22.9. The highest BCUT2D eigenvalue weighted by molar-refractivity contribution is 5.96. The van der Waals surface area contributed by atoms with Crippen LogP contribution in [0, 0.1) is 6.92 Å². The summed E-state index contributed by atoms with van der Waals surface area (Å²) in [5.41, 5.74) is 1.65. The van der Waals surface area contributed by atoms with Crippen LogP contribution in [0.4, 0.5) is 5.69 Å². The van der Waals surface area contributed by atoms with Crippen LogP contribution in [0.2, 0.25) is 0 Å². The number of hydrogen-bond donors (Lipinski definition) is 3.